The Morgan fingerprint density at radius 2 is 2.11 bits per heavy atom. The van der Waals surface area contributed by atoms with Gasteiger partial charge in [0.1, 0.15) is 5.69 Å². The number of rotatable bonds is 3. The molecule has 1 amide bonds. The zero-order chi connectivity index (χ0) is 13.8. The molecule has 1 aromatic carbocycles. The predicted octanol–water partition coefficient (Wildman–Crippen LogP) is 2.09. The summed E-state index contributed by atoms with van der Waals surface area (Å²) < 4.78 is 0. The molecule has 0 aliphatic rings. The van der Waals surface area contributed by atoms with Crippen LogP contribution >= 0.6 is 0 Å². The number of benzene rings is 1. The van der Waals surface area contributed by atoms with Crippen LogP contribution in [0.5, 0.6) is 0 Å². The lowest BCUT2D eigenvalue weighted by atomic mass is 10.1. The standard InChI is InChI=1S/C14H15N3O2/c1-9-7-16-13(8-15-9)14(19)17-12-5-3-4-11(6-12)10(2)18/h3-8,10,18H,1-2H3,(H,17,19). The highest BCUT2D eigenvalue weighted by atomic mass is 16.3. The highest BCUT2D eigenvalue weighted by Gasteiger charge is 2.09. The molecule has 2 N–H and O–H groups in total. The first-order chi connectivity index (χ1) is 9.06. The molecule has 1 heterocycles. The van der Waals surface area contributed by atoms with E-state index in [0.29, 0.717) is 5.69 Å². The van der Waals surface area contributed by atoms with Crippen LogP contribution in [0.1, 0.15) is 34.8 Å². The Hall–Kier alpha value is -2.27. The fraction of sp³-hybridized carbons (Fsp3) is 0.214. The molecular formula is C14H15N3O2. The second kappa shape index (κ2) is 5.58. The average molecular weight is 257 g/mol. The van der Waals surface area contributed by atoms with E-state index in [2.05, 4.69) is 15.3 Å². The summed E-state index contributed by atoms with van der Waals surface area (Å²) in [5, 5.41) is 12.2. The number of aliphatic hydroxyl groups is 1. The van der Waals surface area contributed by atoms with E-state index in [4.69, 9.17) is 0 Å². The first kappa shape index (κ1) is 13.2. The van der Waals surface area contributed by atoms with Crippen molar-refractivity contribution in [3.63, 3.8) is 0 Å². The minimum absolute atomic E-state index is 0.257. The lowest BCUT2D eigenvalue weighted by Gasteiger charge is -2.08. The summed E-state index contributed by atoms with van der Waals surface area (Å²) in [7, 11) is 0. The van der Waals surface area contributed by atoms with Gasteiger partial charge in [-0.3, -0.25) is 9.78 Å². The quantitative estimate of drug-likeness (QED) is 0.882. The van der Waals surface area contributed by atoms with Crippen LogP contribution in [0.3, 0.4) is 0 Å². The third-order valence-electron chi connectivity index (χ3n) is 2.64. The Labute approximate surface area is 111 Å². The fourth-order valence-corrected chi connectivity index (χ4v) is 1.58. The molecule has 0 aliphatic carbocycles. The number of carbonyl (C=O) groups is 1. The van der Waals surface area contributed by atoms with Crippen molar-refractivity contribution in [2.45, 2.75) is 20.0 Å². The summed E-state index contributed by atoms with van der Waals surface area (Å²) in [6.45, 7) is 3.48. The number of nitrogens with one attached hydrogen (secondary N) is 1. The molecule has 0 saturated carbocycles. The average Bonchev–Trinajstić information content (AvgIpc) is 2.39. The number of amides is 1. The molecule has 0 spiro atoms. The van der Waals surface area contributed by atoms with E-state index < -0.39 is 6.10 Å². The molecule has 0 aliphatic heterocycles. The van der Waals surface area contributed by atoms with Gasteiger partial charge in [0.15, 0.2) is 0 Å². The number of carbonyl (C=O) groups excluding carboxylic acids is 1. The van der Waals surface area contributed by atoms with E-state index in [-0.39, 0.29) is 11.6 Å². The molecule has 0 bridgehead atoms. The van der Waals surface area contributed by atoms with Crippen LogP contribution in [0, 0.1) is 6.92 Å². The SMILES string of the molecule is Cc1cnc(C(=O)Nc2cccc(C(C)O)c2)cn1. The zero-order valence-corrected chi connectivity index (χ0v) is 10.8. The van der Waals surface area contributed by atoms with Crippen molar-refractivity contribution in [3.05, 3.63) is 53.6 Å². The van der Waals surface area contributed by atoms with Gasteiger partial charge < -0.3 is 10.4 Å². The van der Waals surface area contributed by atoms with Crippen molar-refractivity contribution in [2.24, 2.45) is 0 Å². The summed E-state index contributed by atoms with van der Waals surface area (Å²) in [5.74, 6) is -0.324. The topological polar surface area (TPSA) is 75.1 Å². The molecule has 1 atom stereocenters. The van der Waals surface area contributed by atoms with Gasteiger partial charge in [0.05, 0.1) is 18.0 Å². The highest BCUT2D eigenvalue weighted by molar-refractivity contribution is 6.02. The van der Waals surface area contributed by atoms with Crippen LogP contribution in [0.25, 0.3) is 0 Å². The third-order valence-corrected chi connectivity index (χ3v) is 2.64. The van der Waals surface area contributed by atoms with E-state index >= 15 is 0 Å². The van der Waals surface area contributed by atoms with Crippen LogP contribution < -0.4 is 5.32 Å². The summed E-state index contributed by atoms with van der Waals surface area (Å²) >= 11 is 0. The first-order valence-electron chi connectivity index (χ1n) is 5.94. The van der Waals surface area contributed by atoms with Crippen LogP contribution in [0.2, 0.25) is 0 Å². The molecular weight excluding hydrogens is 242 g/mol. The second-order valence-electron chi connectivity index (χ2n) is 4.30. The molecule has 2 rings (SSSR count). The van der Waals surface area contributed by atoms with Gasteiger partial charge in [0, 0.05) is 11.9 Å². The highest BCUT2D eigenvalue weighted by Crippen LogP contribution is 2.17. The van der Waals surface area contributed by atoms with Crippen LogP contribution in [0.4, 0.5) is 5.69 Å². The molecule has 5 nitrogen and oxygen atoms in total. The Kier molecular flexibility index (Phi) is 3.87. The van der Waals surface area contributed by atoms with Gasteiger partial charge in [-0.25, -0.2) is 4.98 Å². The van der Waals surface area contributed by atoms with Crippen LogP contribution in [-0.4, -0.2) is 21.0 Å². The number of hydrogen-bond acceptors (Lipinski definition) is 4. The Morgan fingerprint density at radius 1 is 1.32 bits per heavy atom. The van der Waals surface area contributed by atoms with E-state index in [0.717, 1.165) is 11.3 Å². The molecule has 0 fully saturated rings. The second-order valence-corrected chi connectivity index (χ2v) is 4.30. The van der Waals surface area contributed by atoms with E-state index in [1.807, 2.05) is 0 Å². The maximum absolute atomic E-state index is 11.9. The van der Waals surface area contributed by atoms with Gasteiger partial charge in [-0.2, -0.15) is 0 Å². The summed E-state index contributed by atoms with van der Waals surface area (Å²) in [6.07, 6.45) is 2.40. The molecule has 0 radical (unpaired) electrons. The number of anilines is 1. The van der Waals surface area contributed by atoms with Gasteiger partial charge in [0.25, 0.3) is 5.91 Å². The van der Waals surface area contributed by atoms with E-state index in [1.165, 1.54) is 6.20 Å². The van der Waals surface area contributed by atoms with Gasteiger partial charge in [-0.15, -0.1) is 0 Å². The number of aromatic nitrogens is 2. The zero-order valence-electron chi connectivity index (χ0n) is 10.8. The third kappa shape index (κ3) is 3.35. The largest absolute Gasteiger partial charge is 0.389 e. The van der Waals surface area contributed by atoms with Crippen LogP contribution in [0.15, 0.2) is 36.7 Å². The molecule has 98 valence electrons. The molecule has 1 aromatic heterocycles. The first-order valence-corrected chi connectivity index (χ1v) is 5.94. The molecule has 19 heavy (non-hydrogen) atoms. The lowest BCUT2D eigenvalue weighted by Crippen LogP contribution is -2.14. The maximum atomic E-state index is 11.9. The number of hydrogen-bond donors (Lipinski definition) is 2. The molecule has 5 heteroatoms. The normalized spacial score (nSPS) is 11.9. The monoisotopic (exact) mass is 257 g/mol. The van der Waals surface area contributed by atoms with Crippen molar-refractivity contribution in [3.8, 4) is 0 Å². The fourth-order valence-electron chi connectivity index (χ4n) is 1.58. The van der Waals surface area contributed by atoms with Crippen molar-refractivity contribution in [1.29, 1.82) is 0 Å². The Morgan fingerprint density at radius 3 is 2.74 bits per heavy atom. The van der Waals surface area contributed by atoms with Crippen molar-refractivity contribution in [1.82, 2.24) is 9.97 Å². The van der Waals surface area contributed by atoms with Gasteiger partial charge in [0.2, 0.25) is 0 Å². The van der Waals surface area contributed by atoms with E-state index in [9.17, 15) is 9.90 Å². The van der Waals surface area contributed by atoms with Gasteiger partial charge in [-0.1, -0.05) is 12.1 Å². The molecule has 2 aromatic rings. The lowest BCUT2D eigenvalue weighted by molar-refractivity contribution is 0.102. The minimum atomic E-state index is -0.573. The van der Waals surface area contributed by atoms with Crippen molar-refractivity contribution in [2.75, 3.05) is 5.32 Å². The molecule has 1 unspecified atom stereocenters. The summed E-state index contributed by atoms with van der Waals surface area (Å²) in [6, 6.07) is 7.06. The molecule has 0 saturated heterocycles. The van der Waals surface area contributed by atoms with Gasteiger partial charge in [-0.05, 0) is 31.5 Å². The number of nitrogens with zero attached hydrogens (tertiary/aromatic N) is 2. The Bertz CT molecular complexity index is 579. The van der Waals surface area contributed by atoms with Gasteiger partial charge >= 0.3 is 0 Å². The number of aliphatic hydroxyl groups excluding tert-OH is 1. The van der Waals surface area contributed by atoms with E-state index in [1.54, 1.807) is 44.3 Å². The van der Waals surface area contributed by atoms with Crippen molar-refractivity contribution < 1.29 is 9.90 Å². The maximum Gasteiger partial charge on any atom is 0.275 e. The summed E-state index contributed by atoms with van der Waals surface area (Å²) in [5.41, 5.74) is 2.37. The van der Waals surface area contributed by atoms with Crippen molar-refractivity contribution >= 4 is 11.6 Å². The minimum Gasteiger partial charge on any atom is -0.389 e. The summed E-state index contributed by atoms with van der Waals surface area (Å²) in [4.78, 5) is 20.0. The number of aryl methyl sites for hydroxylation is 1. The Balaban J connectivity index is 2.14. The van der Waals surface area contributed by atoms with Crippen LogP contribution in [-0.2, 0) is 0 Å². The predicted molar refractivity (Wildman–Crippen MR) is 71.8 cm³/mol. The smallest absolute Gasteiger partial charge is 0.275 e.